The quantitative estimate of drug-likeness (QED) is 0.415. The van der Waals surface area contributed by atoms with Crippen LogP contribution in [0.4, 0.5) is 0 Å². The van der Waals surface area contributed by atoms with Crippen LogP contribution >= 0.6 is 0 Å². The monoisotopic (exact) mass is 504 g/mol. The van der Waals surface area contributed by atoms with Crippen LogP contribution in [0, 0.1) is 46.3 Å². The van der Waals surface area contributed by atoms with Gasteiger partial charge in [0.05, 0.1) is 36.4 Å². The molecule has 2 heterocycles. The predicted molar refractivity (Wildman–Crippen MR) is 127 cm³/mol. The Morgan fingerprint density at radius 3 is 2.39 bits per heavy atom. The van der Waals surface area contributed by atoms with E-state index in [9.17, 15) is 30.0 Å². The fraction of sp³-hybridized carbons (Fsp3) is 0.857. The Labute approximate surface area is 212 Å². The Kier molecular flexibility index (Phi) is 5.45. The predicted octanol–water partition coefficient (Wildman–Crippen LogP) is 1.38. The minimum absolute atomic E-state index is 0.00146. The normalized spacial score (nSPS) is 58.0. The van der Waals surface area contributed by atoms with Crippen molar-refractivity contribution in [3.05, 3.63) is 12.2 Å². The summed E-state index contributed by atoms with van der Waals surface area (Å²) in [7, 11) is 0. The zero-order chi connectivity index (χ0) is 25.8. The van der Waals surface area contributed by atoms with Gasteiger partial charge in [-0.3, -0.25) is 9.59 Å². The zero-order valence-electron chi connectivity index (χ0n) is 21.4. The maximum absolute atomic E-state index is 13.3. The minimum atomic E-state index is -1.52. The van der Waals surface area contributed by atoms with E-state index >= 15 is 0 Å². The SMILES string of the molecule is CC12CC(OC(=O)C1CO)C(C1CCC3C4CC(O)C5(O)CC=CC(=O)C5(C)C4CC(O)C13C)CO2. The van der Waals surface area contributed by atoms with Crippen molar-refractivity contribution in [1.29, 1.82) is 0 Å². The number of aliphatic hydroxyl groups is 4. The van der Waals surface area contributed by atoms with Crippen LogP contribution in [0.1, 0.15) is 59.3 Å². The summed E-state index contributed by atoms with van der Waals surface area (Å²) in [6.45, 7) is 5.89. The molecule has 200 valence electrons. The first-order valence-corrected chi connectivity index (χ1v) is 13.7. The first-order valence-electron chi connectivity index (χ1n) is 13.7. The Bertz CT molecular complexity index is 996. The van der Waals surface area contributed by atoms with E-state index in [2.05, 4.69) is 6.92 Å². The number of ether oxygens (including phenoxy) is 2. The number of ketones is 1. The second-order valence-corrected chi connectivity index (χ2v) is 13.2. The number of hydrogen-bond acceptors (Lipinski definition) is 8. The van der Waals surface area contributed by atoms with Crippen LogP contribution in [-0.4, -0.2) is 74.9 Å². The third-order valence-electron chi connectivity index (χ3n) is 12.2. The highest BCUT2D eigenvalue weighted by Crippen LogP contribution is 2.68. The van der Waals surface area contributed by atoms with Crippen molar-refractivity contribution in [2.75, 3.05) is 13.2 Å². The van der Waals surface area contributed by atoms with E-state index in [-0.39, 0.29) is 54.5 Å². The summed E-state index contributed by atoms with van der Waals surface area (Å²) in [6.07, 6.45) is 4.42. The second kappa shape index (κ2) is 7.85. The Hall–Kier alpha value is -1.32. The van der Waals surface area contributed by atoms with E-state index < -0.39 is 46.1 Å². The maximum atomic E-state index is 13.3. The molecule has 0 radical (unpaired) electrons. The van der Waals surface area contributed by atoms with E-state index in [1.807, 2.05) is 6.92 Å². The number of aliphatic hydroxyl groups excluding tert-OH is 3. The number of hydrogen-bond donors (Lipinski definition) is 4. The lowest BCUT2D eigenvalue weighted by Crippen LogP contribution is -2.71. The van der Waals surface area contributed by atoms with Gasteiger partial charge in [-0.25, -0.2) is 0 Å². The number of carbonyl (C=O) groups excluding carboxylic acids is 2. The van der Waals surface area contributed by atoms with E-state index in [1.54, 1.807) is 13.0 Å². The fourth-order valence-corrected chi connectivity index (χ4v) is 9.92. The molecule has 0 spiro atoms. The van der Waals surface area contributed by atoms with E-state index in [1.165, 1.54) is 6.08 Å². The molecule has 3 saturated carbocycles. The summed E-state index contributed by atoms with van der Waals surface area (Å²) in [5, 5.41) is 44.3. The second-order valence-electron chi connectivity index (χ2n) is 13.2. The topological polar surface area (TPSA) is 134 Å². The number of fused-ring (bicyclic) bond motifs is 7. The van der Waals surface area contributed by atoms with Crippen molar-refractivity contribution < 1.29 is 39.5 Å². The highest BCUT2D eigenvalue weighted by molar-refractivity contribution is 5.97. The molecule has 0 aromatic heterocycles. The summed E-state index contributed by atoms with van der Waals surface area (Å²) < 4.78 is 12.1. The van der Waals surface area contributed by atoms with Gasteiger partial charge < -0.3 is 29.9 Å². The Balaban J connectivity index is 1.32. The molecule has 0 aromatic rings. The lowest BCUT2D eigenvalue weighted by molar-refractivity contribution is -0.257. The Morgan fingerprint density at radius 1 is 1.00 bits per heavy atom. The van der Waals surface area contributed by atoms with Gasteiger partial charge in [0, 0.05) is 12.3 Å². The molecular weight excluding hydrogens is 464 g/mol. The number of carbonyl (C=O) groups is 2. The van der Waals surface area contributed by atoms with Gasteiger partial charge in [-0.2, -0.15) is 0 Å². The van der Waals surface area contributed by atoms with Gasteiger partial charge in [0.2, 0.25) is 0 Å². The molecule has 13 unspecified atom stereocenters. The third kappa shape index (κ3) is 2.88. The van der Waals surface area contributed by atoms with Gasteiger partial charge in [0.25, 0.3) is 0 Å². The van der Waals surface area contributed by atoms with Gasteiger partial charge in [-0.15, -0.1) is 0 Å². The Morgan fingerprint density at radius 2 is 1.69 bits per heavy atom. The lowest BCUT2D eigenvalue weighted by Gasteiger charge is -2.64. The molecule has 4 N–H and O–H groups in total. The highest BCUT2D eigenvalue weighted by atomic mass is 16.6. The summed E-state index contributed by atoms with van der Waals surface area (Å²) in [5.41, 5.74) is -3.89. The molecule has 8 heteroatoms. The van der Waals surface area contributed by atoms with Crippen LogP contribution < -0.4 is 0 Å². The third-order valence-corrected chi connectivity index (χ3v) is 12.2. The van der Waals surface area contributed by atoms with E-state index in [0.29, 0.717) is 25.9 Å². The van der Waals surface area contributed by atoms with Crippen LogP contribution in [0.3, 0.4) is 0 Å². The standard InChI is InChI=1S/C28H40O8/c1-25-11-20(36-24(33)19(25)12-29)15(13-35-25)17-7-6-16-14-9-23(32)28(34)8-4-5-21(30)27(28,3)18(14)10-22(31)26(16,17)2/h4-5,14-20,22-23,29,31-32,34H,6-13H2,1-3H3. The summed E-state index contributed by atoms with van der Waals surface area (Å²) in [5.74, 6) is -1.43. The van der Waals surface area contributed by atoms with Crippen molar-refractivity contribution in [1.82, 2.24) is 0 Å². The molecule has 5 fully saturated rings. The molecule has 2 bridgehead atoms. The van der Waals surface area contributed by atoms with Gasteiger partial charge in [0.1, 0.15) is 17.6 Å². The molecule has 0 amide bonds. The van der Waals surface area contributed by atoms with Gasteiger partial charge in [-0.05, 0) is 81.1 Å². The molecule has 0 aromatic carbocycles. The maximum Gasteiger partial charge on any atom is 0.314 e. The first-order chi connectivity index (χ1) is 16.9. The zero-order valence-corrected chi connectivity index (χ0v) is 21.4. The highest BCUT2D eigenvalue weighted by Gasteiger charge is 2.71. The van der Waals surface area contributed by atoms with E-state index in [0.717, 1.165) is 12.8 Å². The smallest absolute Gasteiger partial charge is 0.314 e. The molecule has 13 atom stereocenters. The molecule has 6 rings (SSSR count). The molecule has 36 heavy (non-hydrogen) atoms. The summed E-state index contributed by atoms with van der Waals surface area (Å²) in [4.78, 5) is 25.9. The van der Waals surface area contributed by atoms with Crippen LogP contribution in [-0.2, 0) is 19.1 Å². The minimum Gasteiger partial charge on any atom is -0.461 e. The van der Waals surface area contributed by atoms with Crippen LogP contribution in [0.2, 0.25) is 0 Å². The molecular formula is C28H40O8. The van der Waals surface area contributed by atoms with Crippen molar-refractivity contribution in [2.24, 2.45) is 46.3 Å². The van der Waals surface area contributed by atoms with Crippen molar-refractivity contribution in [3.8, 4) is 0 Å². The van der Waals surface area contributed by atoms with Crippen LogP contribution in [0.5, 0.6) is 0 Å². The number of rotatable bonds is 2. The van der Waals surface area contributed by atoms with Gasteiger partial charge >= 0.3 is 5.97 Å². The van der Waals surface area contributed by atoms with Crippen molar-refractivity contribution in [2.45, 2.75) is 88.8 Å². The average Bonchev–Trinajstić information content (AvgIpc) is 3.17. The first kappa shape index (κ1) is 25.0. The molecule has 8 nitrogen and oxygen atoms in total. The lowest BCUT2D eigenvalue weighted by atomic mass is 9.42. The number of allylic oxidation sites excluding steroid dienone is 1. The van der Waals surface area contributed by atoms with Crippen molar-refractivity contribution in [3.63, 3.8) is 0 Å². The number of esters is 1. The average molecular weight is 505 g/mol. The fourth-order valence-electron chi connectivity index (χ4n) is 9.92. The molecule has 2 saturated heterocycles. The van der Waals surface area contributed by atoms with E-state index in [4.69, 9.17) is 9.47 Å². The molecule has 4 aliphatic carbocycles. The largest absolute Gasteiger partial charge is 0.461 e. The van der Waals surface area contributed by atoms with Crippen LogP contribution in [0.15, 0.2) is 12.2 Å². The van der Waals surface area contributed by atoms with Gasteiger partial charge in [-0.1, -0.05) is 13.0 Å². The summed E-state index contributed by atoms with van der Waals surface area (Å²) in [6, 6.07) is 0. The van der Waals surface area contributed by atoms with Gasteiger partial charge in [0.15, 0.2) is 5.78 Å². The van der Waals surface area contributed by atoms with Crippen LogP contribution in [0.25, 0.3) is 0 Å². The molecule has 6 aliphatic rings. The summed E-state index contributed by atoms with van der Waals surface area (Å²) >= 11 is 0. The van der Waals surface area contributed by atoms with Crippen molar-refractivity contribution >= 4 is 11.8 Å². The molecule has 2 aliphatic heterocycles.